The number of imidazole rings is 1. The second kappa shape index (κ2) is 6.48. The third-order valence-corrected chi connectivity index (χ3v) is 4.06. The maximum atomic E-state index is 13.4. The first-order valence-electron chi connectivity index (χ1n) is 8.22. The van der Waals surface area contributed by atoms with Gasteiger partial charge >= 0.3 is 0 Å². The van der Waals surface area contributed by atoms with Crippen LogP contribution >= 0.6 is 0 Å². The Kier molecular flexibility index (Phi) is 4.01. The minimum Gasteiger partial charge on any atom is -0.507 e. The van der Waals surface area contributed by atoms with E-state index in [2.05, 4.69) is 15.0 Å². The van der Waals surface area contributed by atoms with E-state index in [0.717, 1.165) is 11.1 Å². The van der Waals surface area contributed by atoms with Gasteiger partial charge in [0.05, 0.1) is 23.2 Å². The number of benzene rings is 2. The number of halogens is 1. The number of aromatic nitrogens is 3. The van der Waals surface area contributed by atoms with Gasteiger partial charge in [-0.25, -0.2) is 14.4 Å². The number of phenolic OH excluding ortho intramolecular Hbond substituents is 1. The van der Waals surface area contributed by atoms with Crippen LogP contribution in [0.2, 0.25) is 0 Å². The molecule has 0 radical (unpaired) electrons. The highest BCUT2D eigenvalue weighted by Crippen LogP contribution is 2.35. The number of hydrogen-bond donors (Lipinski definition) is 2. The highest BCUT2D eigenvalue weighted by molar-refractivity contribution is 5.83. The minimum absolute atomic E-state index is 0.0788. The lowest BCUT2D eigenvalue weighted by Crippen LogP contribution is -1.96. The summed E-state index contributed by atoms with van der Waals surface area (Å²) < 4.78 is 19.0. The van der Waals surface area contributed by atoms with Crippen molar-refractivity contribution in [3.63, 3.8) is 0 Å². The van der Waals surface area contributed by atoms with E-state index in [1.54, 1.807) is 24.4 Å². The molecule has 0 fully saturated rings. The summed E-state index contributed by atoms with van der Waals surface area (Å²) in [6.45, 7) is 2.40. The molecule has 4 rings (SSSR count). The molecule has 0 aliphatic rings. The Bertz CT molecular complexity index is 1090. The summed E-state index contributed by atoms with van der Waals surface area (Å²) in [4.78, 5) is 11.8. The Labute approximate surface area is 149 Å². The molecule has 2 N–H and O–H groups in total. The number of aromatic amines is 1. The number of ether oxygens (including phenoxy) is 1. The lowest BCUT2D eigenvalue weighted by Gasteiger charge is -2.10. The lowest BCUT2D eigenvalue weighted by molar-refractivity contribution is 0.328. The molecule has 0 spiro atoms. The smallest absolute Gasteiger partial charge is 0.221 e. The topological polar surface area (TPSA) is 71.0 Å². The number of aromatic hydroxyl groups is 1. The zero-order chi connectivity index (χ0) is 18.1. The van der Waals surface area contributed by atoms with Gasteiger partial charge in [-0.2, -0.15) is 0 Å². The van der Waals surface area contributed by atoms with E-state index in [0.29, 0.717) is 34.9 Å². The number of pyridine rings is 1. The normalized spacial score (nSPS) is 11.0. The Morgan fingerprint density at radius 2 is 2.00 bits per heavy atom. The average molecular weight is 349 g/mol. The zero-order valence-electron chi connectivity index (χ0n) is 14.0. The highest BCUT2D eigenvalue weighted by atomic mass is 19.1. The second-order valence-corrected chi connectivity index (χ2v) is 5.77. The molecule has 2 aromatic heterocycles. The third kappa shape index (κ3) is 2.86. The van der Waals surface area contributed by atoms with E-state index < -0.39 is 0 Å². The third-order valence-electron chi connectivity index (χ3n) is 4.06. The molecule has 0 aliphatic heterocycles. The van der Waals surface area contributed by atoms with Crippen LogP contribution in [0.4, 0.5) is 4.39 Å². The highest BCUT2D eigenvalue weighted by Gasteiger charge is 2.14. The average Bonchev–Trinajstić information content (AvgIpc) is 3.06. The number of H-pyrrole nitrogens is 1. The van der Waals surface area contributed by atoms with E-state index in [1.165, 1.54) is 12.1 Å². The van der Waals surface area contributed by atoms with Gasteiger partial charge in [-0.15, -0.1) is 0 Å². The van der Waals surface area contributed by atoms with Gasteiger partial charge < -0.3 is 14.8 Å². The summed E-state index contributed by atoms with van der Waals surface area (Å²) in [5.74, 6) is 0.725. The Balaban J connectivity index is 1.84. The maximum absolute atomic E-state index is 13.4. The van der Waals surface area contributed by atoms with Crippen LogP contribution in [0.5, 0.6) is 11.6 Å². The Morgan fingerprint density at radius 3 is 2.85 bits per heavy atom. The first kappa shape index (κ1) is 16.1. The molecule has 0 atom stereocenters. The van der Waals surface area contributed by atoms with Crippen molar-refractivity contribution in [3.8, 4) is 34.1 Å². The molecule has 4 aromatic rings. The van der Waals surface area contributed by atoms with Crippen molar-refractivity contribution < 1.29 is 14.2 Å². The summed E-state index contributed by atoms with van der Waals surface area (Å²) >= 11 is 0. The van der Waals surface area contributed by atoms with E-state index in [1.807, 2.05) is 25.1 Å². The van der Waals surface area contributed by atoms with Crippen molar-refractivity contribution >= 4 is 11.0 Å². The number of fused-ring (bicyclic) bond motifs is 1. The van der Waals surface area contributed by atoms with Gasteiger partial charge in [-0.1, -0.05) is 6.07 Å². The van der Waals surface area contributed by atoms with Gasteiger partial charge in [0.25, 0.3) is 0 Å². The zero-order valence-corrected chi connectivity index (χ0v) is 14.0. The number of nitrogens with one attached hydrogen (secondary N) is 1. The molecule has 0 saturated carbocycles. The molecular formula is C20H16FN3O2. The SMILES string of the molecule is CCOc1ncccc1-c1ccc(O)c(-c2nc3ccc(F)cc3[nH]2)c1. The largest absolute Gasteiger partial charge is 0.507 e. The van der Waals surface area contributed by atoms with Crippen molar-refractivity contribution in [2.45, 2.75) is 6.92 Å². The molecule has 2 aromatic carbocycles. The van der Waals surface area contributed by atoms with Gasteiger partial charge in [-0.3, -0.25) is 0 Å². The number of nitrogens with zero attached hydrogens (tertiary/aromatic N) is 2. The second-order valence-electron chi connectivity index (χ2n) is 5.77. The number of hydrogen-bond acceptors (Lipinski definition) is 4. The van der Waals surface area contributed by atoms with E-state index in [9.17, 15) is 9.50 Å². The van der Waals surface area contributed by atoms with Gasteiger partial charge in [0.1, 0.15) is 17.4 Å². The Morgan fingerprint density at radius 1 is 1.12 bits per heavy atom. The summed E-state index contributed by atoms with van der Waals surface area (Å²) in [5.41, 5.74) is 3.37. The molecule has 26 heavy (non-hydrogen) atoms. The van der Waals surface area contributed by atoms with Gasteiger partial charge in [0.2, 0.25) is 5.88 Å². The predicted octanol–water partition coefficient (Wildman–Crippen LogP) is 4.54. The minimum atomic E-state index is -0.345. The molecule has 0 unspecified atom stereocenters. The van der Waals surface area contributed by atoms with E-state index in [-0.39, 0.29) is 11.6 Å². The number of phenols is 1. The van der Waals surface area contributed by atoms with Crippen molar-refractivity contribution in [3.05, 3.63) is 60.5 Å². The molecule has 0 aliphatic carbocycles. The van der Waals surface area contributed by atoms with Gasteiger partial charge in [0, 0.05) is 11.8 Å². The van der Waals surface area contributed by atoms with Gasteiger partial charge in [-0.05, 0) is 55.0 Å². The quantitative estimate of drug-likeness (QED) is 0.568. The van der Waals surface area contributed by atoms with Crippen LogP contribution in [0.25, 0.3) is 33.5 Å². The van der Waals surface area contributed by atoms with E-state index >= 15 is 0 Å². The standard InChI is InChI=1S/C20H16FN3O2/c1-2-26-20-14(4-3-9-22-20)12-5-8-18(25)15(10-12)19-23-16-7-6-13(21)11-17(16)24-19/h3-11,25H,2H2,1H3,(H,23,24). The van der Waals surface area contributed by atoms with Crippen molar-refractivity contribution in [2.24, 2.45) is 0 Å². The van der Waals surface area contributed by atoms with Crippen LogP contribution in [-0.2, 0) is 0 Å². The van der Waals surface area contributed by atoms with Crippen LogP contribution in [0.1, 0.15) is 6.92 Å². The fraction of sp³-hybridized carbons (Fsp3) is 0.100. The lowest BCUT2D eigenvalue weighted by atomic mass is 10.0. The molecule has 2 heterocycles. The van der Waals surface area contributed by atoms with Crippen molar-refractivity contribution in [1.82, 2.24) is 15.0 Å². The summed E-state index contributed by atoms with van der Waals surface area (Å²) in [5, 5.41) is 10.3. The predicted molar refractivity (Wildman–Crippen MR) is 97.6 cm³/mol. The van der Waals surface area contributed by atoms with Crippen LogP contribution in [0, 0.1) is 5.82 Å². The summed E-state index contributed by atoms with van der Waals surface area (Å²) in [6, 6.07) is 13.3. The van der Waals surface area contributed by atoms with Crippen LogP contribution < -0.4 is 4.74 Å². The van der Waals surface area contributed by atoms with Gasteiger partial charge in [0.15, 0.2) is 0 Å². The first-order valence-corrected chi connectivity index (χ1v) is 8.22. The van der Waals surface area contributed by atoms with E-state index in [4.69, 9.17) is 4.74 Å². The van der Waals surface area contributed by atoms with Crippen molar-refractivity contribution in [1.29, 1.82) is 0 Å². The maximum Gasteiger partial charge on any atom is 0.221 e. The van der Waals surface area contributed by atoms with Crippen molar-refractivity contribution in [2.75, 3.05) is 6.61 Å². The first-order chi connectivity index (χ1) is 12.7. The summed E-state index contributed by atoms with van der Waals surface area (Å²) in [6.07, 6.45) is 1.67. The molecule has 0 amide bonds. The molecule has 5 nitrogen and oxygen atoms in total. The molecule has 6 heteroatoms. The molecule has 0 saturated heterocycles. The monoisotopic (exact) mass is 349 g/mol. The molecular weight excluding hydrogens is 333 g/mol. The fourth-order valence-electron chi connectivity index (χ4n) is 2.86. The molecule has 0 bridgehead atoms. The summed E-state index contributed by atoms with van der Waals surface area (Å²) in [7, 11) is 0. The van der Waals surface area contributed by atoms with Crippen LogP contribution in [0.15, 0.2) is 54.7 Å². The molecule has 130 valence electrons. The van der Waals surface area contributed by atoms with Crippen LogP contribution in [0.3, 0.4) is 0 Å². The fourth-order valence-corrected chi connectivity index (χ4v) is 2.86. The number of rotatable bonds is 4. The van der Waals surface area contributed by atoms with Crippen LogP contribution in [-0.4, -0.2) is 26.7 Å². The Hall–Kier alpha value is -3.41.